The van der Waals surface area contributed by atoms with E-state index in [1.165, 1.54) is 11.8 Å². The highest BCUT2D eigenvalue weighted by atomic mass is 32.2. The van der Waals surface area contributed by atoms with Crippen molar-refractivity contribution in [2.75, 3.05) is 48.4 Å². The van der Waals surface area contributed by atoms with Gasteiger partial charge in [-0.05, 0) is 43.0 Å². The summed E-state index contributed by atoms with van der Waals surface area (Å²) in [5.74, 6) is 1.45. The topological polar surface area (TPSA) is 87.3 Å². The molecule has 0 saturated carbocycles. The summed E-state index contributed by atoms with van der Waals surface area (Å²) >= 11 is 1.40. The smallest absolute Gasteiger partial charge is 0.237 e. The van der Waals surface area contributed by atoms with Gasteiger partial charge in [0, 0.05) is 31.9 Å². The molecule has 2 aromatic rings. The van der Waals surface area contributed by atoms with E-state index >= 15 is 0 Å². The maximum absolute atomic E-state index is 13.2. The Hall–Kier alpha value is -2.57. The summed E-state index contributed by atoms with van der Waals surface area (Å²) in [7, 11) is 0. The van der Waals surface area contributed by atoms with E-state index in [0.717, 1.165) is 47.6 Å². The molecule has 0 spiro atoms. The molecule has 172 valence electrons. The SMILES string of the molecule is Cc1cc(C)cc(N(CCC#N)C(=O)CSc2nnc(N3CCOCC3)n2CC(C)C)c1. The number of hydrogen-bond donors (Lipinski definition) is 0. The number of rotatable bonds is 9. The number of thioether (sulfide) groups is 1. The molecule has 0 bridgehead atoms. The fourth-order valence-electron chi connectivity index (χ4n) is 3.78. The second kappa shape index (κ2) is 11.3. The molecule has 32 heavy (non-hydrogen) atoms. The minimum Gasteiger partial charge on any atom is -0.378 e. The maximum Gasteiger partial charge on any atom is 0.237 e. The Labute approximate surface area is 194 Å². The molecule has 0 N–H and O–H groups in total. The van der Waals surface area contributed by atoms with E-state index in [0.29, 0.717) is 25.7 Å². The van der Waals surface area contributed by atoms with Gasteiger partial charge in [-0.3, -0.25) is 9.36 Å². The van der Waals surface area contributed by atoms with Crippen molar-refractivity contribution in [2.24, 2.45) is 5.92 Å². The van der Waals surface area contributed by atoms with Crippen molar-refractivity contribution in [3.05, 3.63) is 29.3 Å². The molecular formula is C23H32N6O2S. The minimum absolute atomic E-state index is 0.0396. The van der Waals surface area contributed by atoms with Gasteiger partial charge < -0.3 is 14.5 Å². The number of anilines is 2. The van der Waals surface area contributed by atoms with Gasteiger partial charge in [0.25, 0.3) is 0 Å². The van der Waals surface area contributed by atoms with Gasteiger partial charge in [-0.1, -0.05) is 31.7 Å². The summed E-state index contributed by atoms with van der Waals surface area (Å²) in [4.78, 5) is 17.1. The van der Waals surface area contributed by atoms with Gasteiger partial charge in [0.15, 0.2) is 5.16 Å². The predicted octanol–water partition coefficient (Wildman–Crippen LogP) is 3.43. The molecule has 1 saturated heterocycles. The zero-order valence-corrected chi connectivity index (χ0v) is 20.2. The summed E-state index contributed by atoms with van der Waals surface area (Å²) < 4.78 is 7.58. The molecule has 1 aromatic carbocycles. The summed E-state index contributed by atoms with van der Waals surface area (Å²) in [5.41, 5.74) is 3.02. The lowest BCUT2D eigenvalue weighted by atomic mass is 10.1. The highest BCUT2D eigenvalue weighted by Gasteiger charge is 2.23. The van der Waals surface area contributed by atoms with Crippen molar-refractivity contribution >= 4 is 29.3 Å². The number of carbonyl (C=O) groups excluding carboxylic acids is 1. The number of morpholine rings is 1. The zero-order valence-electron chi connectivity index (χ0n) is 19.4. The molecule has 1 amide bonds. The fourth-order valence-corrected chi connectivity index (χ4v) is 4.60. The molecule has 8 nitrogen and oxygen atoms in total. The number of carbonyl (C=O) groups is 1. The highest BCUT2D eigenvalue weighted by molar-refractivity contribution is 7.99. The number of ether oxygens (including phenoxy) is 1. The number of benzene rings is 1. The lowest BCUT2D eigenvalue weighted by molar-refractivity contribution is -0.116. The van der Waals surface area contributed by atoms with Crippen LogP contribution in [0, 0.1) is 31.1 Å². The standard InChI is InChI=1S/C23H32N6O2S/c1-17(2)15-29-22(27-8-10-31-11-9-27)25-26-23(29)32-16-21(30)28(7-5-6-24)20-13-18(3)12-19(4)14-20/h12-14,17H,5,7-11,15-16H2,1-4H3. The van der Waals surface area contributed by atoms with Crippen LogP contribution in [0.1, 0.15) is 31.4 Å². The first-order valence-electron chi connectivity index (χ1n) is 11.0. The van der Waals surface area contributed by atoms with Gasteiger partial charge in [0.2, 0.25) is 11.9 Å². The van der Waals surface area contributed by atoms with E-state index < -0.39 is 0 Å². The Bertz CT molecular complexity index is 942. The Morgan fingerprint density at radius 1 is 1.22 bits per heavy atom. The summed E-state index contributed by atoms with van der Waals surface area (Å²) in [6.07, 6.45) is 0.286. The monoisotopic (exact) mass is 456 g/mol. The number of amides is 1. The zero-order chi connectivity index (χ0) is 23.1. The molecule has 1 aliphatic rings. The molecule has 0 radical (unpaired) electrons. The van der Waals surface area contributed by atoms with Crippen LogP contribution in [0.4, 0.5) is 11.6 Å². The predicted molar refractivity (Wildman–Crippen MR) is 127 cm³/mol. The number of aromatic nitrogens is 3. The quantitative estimate of drug-likeness (QED) is 0.534. The third-order valence-electron chi connectivity index (χ3n) is 5.13. The number of aryl methyl sites for hydroxylation is 2. The van der Waals surface area contributed by atoms with Gasteiger partial charge in [-0.25, -0.2) is 0 Å². The molecule has 1 aromatic heterocycles. The molecule has 0 atom stereocenters. The lowest BCUT2D eigenvalue weighted by Crippen LogP contribution is -2.38. The van der Waals surface area contributed by atoms with Crippen LogP contribution in [0.25, 0.3) is 0 Å². The van der Waals surface area contributed by atoms with Crippen LogP contribution < -0.4 is 9.80 Å². The minimum atomic E-state index is -0.0396. The van der Waals surface area contributed by atoms with Crippen molar-refractivity contribution in [3.63, 3.8) is 0 Å². The summed E-state index contributed by atoms with van der Waals surface area (Å²) in [5, 5.41) is 18.7. The third kappa shape index (κ3) is 6.24. The van der Waals surface area contributed by atoms with Gasteiger partial charge in [-0.2, -0.15) is 5.26 Å². The Kier molecular flexibility index (Phi) is 8.53. The number of nitriles is 1. The van der Waals surface area contributed by atoms with Crippen LogP contribution in [-0.4, -0.2) is 59.3 Å². The van der Waals surface area contributed by atoms with Crippen molar-refractivity contribution in [2.45, 2.75) is 45.8 Å². The van der Waals surface area contributed by atoms with Crippen LogP contribution in [-0.2, 0) is 16.1 Å². The Morgan fingerprint density at radius 2 is 1.91 bits per heavy atom. The first-order chi connectivity index (χ1) is 15.4. The van der Waals surface area contributed by atoms with E-state index in [1.807, 2.05) is 26.0 Å². The molecular weight excluding hydrogens is 424 g/mol. The normalized spacial score (nSPS) is 13.9. The molecule has 0 unspecified atom stereocenters. The molecule has 0 aliphatic carbocycles. The first-order valence-corrected chi connectivity index (χ1v) is 12.0. The van der Waals surface area contributed by atoms with Crippen molar-refractivity contribution in [1.82, 2.24) is 14.8 Å². The summed E-state index contributed by atoms with van der Waals surface area (Å²) in [6, 6.07) is 8.21. The van der Waals surface area contributed by atoms with E-state index in [-0.39, 0.29) is 18.1 Å². The van der Waals surface area contributed by atoms with Crippen molar-refractivity contribution in [1.29, 1.82) is 5.26 Å². The van der Waals surface area contributed by atoms with E-state index in [1.54, 1.807) is 4.90 Å². The van der Waals surface area contributed by atoms with Crippen LogP contribution in [0.15, 0.2) is 23.4 Å². The lowest BCUT2D eigenvalue weighted by Gasteiger charge is -2.28. The molecule has 9 heteroatoms. The molecule has 2 heterocycles. The van der Waals surface area contributed by atoms with Crippen LogP contribution in [0.3, 0.4) is 0 Å². The summed E-state index contributed by atoms with van der Waals surface area (Å²) in [6.45, 7) is 12.4. The second-order valence-electron chi connectivity index (χ2n) is 8.47. The fraction of sp³-hybridized carbons (Fsp3) is 0.565. The highest BCUT2D eigenvalue weighted by Crippen LogP contribution is 2.26. The van der Waals surface area contributed by atoms with Crippen LogP contribution in [0.2, 0.25) is 0 Å². The van der Waals surface area contributed by atoms with Gasteiger partial charge >= 0.3 is 0 Å². The van der Waals surface area contributed by atoms with Crippen molar-refractivity contribution < 1.29 is 9.53 Å². The average Bonchev–Trinajstić information content (AvgIpc) is 3.14. The maximum atomic E-state index is 13.2. The Morgan fingerprint density at radius 3 is 2.53 bits per heavy atom. The van der Waals surface area contributed by atoms with Crippen LogP contribution >= 0.6 is 11.8 Å². The van der Waals surface area contributed by atoms with E-state index in [9.17, 15) is 4.79 Å². The largest absolute Gasteiger partial charge is 0.378 e. The Balaban J connectivity index is 1.78. The third-order valence-corrected chi connectivity index (χ3v) is 6.08. The molecule has 1 aliphatic heterocycles. The van der Waals surface area contributed by atoms with Gasteiger partial charge in [0.05, 0.1) is 31.5 Å². The number of nitrogens with zero attached hydrogens (tertiary/aromatic N) is 6. The van der Waals surface area contributed by atoms with Crippen LogP contribution in [0.5, 0.6) is 0 Å². The average molecular weight is 457 g/mol. The molecule has 1 fully saturated rings. The van der Waals surface area contributed by atoms with Gasteiger partial charge in [0.1, 0.15) is 0 Å². The second-order valence-corrected chi connectivity index (χ2v) is 9.42. The molecule has 3 rings (SSSR count). The van der Waals surface area contributed by atoms with E-state index in [2.05, 4.69) is 45.6 Å². The first kappa shape index (κ1) is 24.1. The van der Waals surface area contributed by atoms with E-state index in [4.69, 9.17) is 10.00 Å². The number of hydrogen-bond acceptors (Lipinski definition) is 7. The van der Waals surface area contributed by atoms with Gasteiger partial charge in [-0.15, -0.1) is 10.2 Å². The van der Waals surface area contributed by atoms with Crippen molar-refractivity contribution in [3.8, 4) is 6.07 Å².